The van der Waals surface area contributed by atoms with Gasteiger partial charge in [-0.15, -0.1) is 0 Å². The van der Waals surface area contributed by atoms with Gasteiger partial charge < -0.3 is 15.1 Å². The summed E-state index contributed by atoms with van der Waals surface area (Å²) in [5, 5.41) is 18.7. The molecule has 1 saturated carbocycles. The Morgan fingerprint density at radius 1 is 1.33 bits per heavy atom. The number of carboxylic acid groups (broad SMARTS) is 1. The fourth-order valence-electron chi connectivity index (χ4n) is 3.28. The molecule has 5 nitrogen and oxygen atoms in total. The molecule has 1 amide bonds. The summed E-state index contributed by atoms with van der Waals surface area (Å²) in [7, 11) is 0. The van der Waals surface area contributed by atoms with Crippen molar-refractivity contribution in [1.29, 1.82) is 0 Å². The van der Waals surface area contributed by atoms with Gasteiger partial charge in [0.05, 0.1) is 6.10 Å². The number of nitrogens with zero attached hydrogens (tertiary/aromatic N) is 1. The number of carboxylic acids is 1. The predicted octanol–water partition coefficient (Wildman–Crippen LogP) is 0.859. The van der Waals surface area contributed by atoms with E-state index in [-0.39, 0.29) is 30.2 Å². The van der Waals surface area contributed by atoms with Crippen LogP contribution in [0.5, 0.6) is 0 Å². The van der Waals surface area contributed by atoms with Crippen LogP contribution in [-0.4, -0.2) is 45.7 Å². The number of carbonyl (C=O) groups is 2. The van der Waals surface area contributed by atoms with E-state index in [1.54, 1.807) is 0 Å². The van der Waals surface area contributed by atoms with Crippen LogP contribution in [0, 0.1) is 11.3 Å². The van der Waals surface area contributed by atoms with Gasteiger partial charge >= 0.3 is 5.97 Å². The first-order chi connectivity index (χ1) is 8.33. The summed E-state index contributed by atoms with van der Waals surface area (Å²) >= 11 is 0. The van der Waals surface area contributed by atoms with Gasteiger partial charge in [-0.05, 0) is 18.3 Å². The van der Waals surface area contributed by atoms with Crippen LogP contribution in [0.4, 0.5) is 0 Å². The van der Waals surface area contributed by atoms with Crippen molar-refractivity contribution < 1.29 is 19.8 Å². The molecule has 5 heteroatoms. The Morgan fingerprint density at radius 2 is 2.00 bits per heavy atom. The van der Waals surface area contributed by atoms with Crippen LogP contribution in [0.3, 0.4) is 0 Å². The fourth-order valence-corrected chi connectivity index (χ4v) is 3.28. The number of aliphatic hydroxyl groups is 1. The molecule has 0 aromatic rings. The van der Waals surface area contributed by atoms with Gasteiger partial charge in [-0.3, -0.25) is 4.79 Å². The number of β-amino-alcohol motifs (C(OH)–C–C–N with tert-alkyl or cyclic N) is 1. The Morgan fingerprint density at radius 3 is 2.50 bits per heavy atom. The Labute approximate surface area is 107 Å². The molecule has 0 bridgehead atoms. The molecule has 102 valence electrons. The van der Waals surface area contributed by atoms with Gasteiger partial charge in [-0.1, -0.05) is 20.3 Å². The highest BCUT2D eigenvalue weighted by Crippen LogP contribution is 2.44. The van der Waals surface area contributed by atoms with E-state index < -0.39 is 18.1 Å². The van der Waals surface area contributed by atoms with E-state index in [0.29, 0.717) is 0 Å². The van der Waals surface area contributed by atoms with Crippen molar-refractivity contribution >= 4 is 11.9 Å². The van der Waals surface area contributed by atoms with Crippen molar-refractivity contribution in [2.75, 3.05) is 6.54 Å². The van der Waals surface area contributed by atoms with Crippen molar-refractivity contribution in [3.63, 3.8) is 0 Å². The number of carbonyl (C=O) groups excluding carboxylic acids is 1. The molecule has 2 rings (SSSR count). The van der Waals surface area contributed by atoms with E-state index in [0.717, 1.165) is 19.3 Å². The molecule has 1 aliphatic heterocycles. The van der Waals surface area contributed by atoms with Gasteiger partial charge in [0.15, 0.2) is 0 Å². The molecule has 0 radical (unpaired) electrons. The minimum atomic E-state index is -1.02. The summed E-state index contributed by atoms with van der Waals surface area (Å²) in [5.41, 5.74) is -0.0618. The quantitative estimate of drug-likeness (QED) is 0.767. The number of hydrogen-bond acceptors (Lipinski definition) is 3. The lowest BCUT2D eigenvalue weighted by Gasteiger charge is -2.31. The summed E-state index contributed by atoms with van der Waals surface area (Å²) < 4.78 is 0. The van der Waals surface area contributed by atoms with Gasteiger partial charge in [0.25, 0.3) is 0 Å². The molecule has 0 aromatic heterocycles. The highest BCUT2D eigenvalue weighted by atomic mass is 16.4. The lowest BCUT2D eigenvalue weighted by molar-refractivity contribution is -0.151. The zero-order valence-corrected chi connectivity index (χ0v) is 10.9. The summed E-state index contributed by atoms with van der Waals surface area (Å²) in [5.74, 6) is -1.22. The minimum Gasteiger partial charge on any atom is -0.480 e. The maximum Gasteiger partial charge on any atom is 0.326 e. The Kier molecular flexibility index (Phi) is 3.36. The third-order valence-electron chi connectivity index (χ3n) is 4.40. The van der Waals surface area contributed by atoms with E-state index in [1.807, 2.05) is 0 Å². The van der Waals surface area contributed by atoms with Crippen LogP contribution in [0.2, 0.25) is 0 Å². The topological polar surface area (TPSA) is 77.8 Å². The highest BCUT2D eigenvalue weighted by Gasteiger charge is 2.46. The van der Waals surface area contributed by atoms with E-state index in [2.05, 4.69) is 13.8 Å². The van der Waals surface area contributed by atoms with Crippen LogP contribution in [0.15, 0.2) is 0 Å². The maximum absolute atomic E-state index is 12.5. The zero-order valence-electron chi connectivity index (χ0n) is 10.9. The third kappa shape index (κ3) is 2.23. The Bertz CT molecular complexity index is 366. The normalized spacial score (nSPS) is 34.8. The molecule has 0 aromatic carbocycles. The van der Waals surface area contributed by atoms with Crippen molar-refractivity contribution in [2.45, 2.75) is 51.7 Å². The first kappa shape index (κ1) is 13.3. The number of hydrogen-bond donors (Lipinski definition) is 2. The van der Waals surface area contributed by atoms with Crippen LogP contribution in [-0.2, 0) is 9.59 Å². The van der Waals surface area contributed by atoms with Crippen molar-refractivity contribution in [3.8, 4) is 0 Å². The molecule has 2 N–H and O–H groups in total. The van der Waals surface area contributed by atoms with Crippen LogP contribution in [0.25, 0.3) is 0 Å². The largest absolute Gasteiger partial charge is 0.480 e. The number of aliphatic hydroxyl groups excluding tert-OH is 1. The monoisotopic (exact) mass is 255 g/mol. The minimum absolute atomic E-state index is 0.0618. The van der Waals surface area contributed by atoms with E-state index >= 15 is 0 Å². The molecule has 1 aliphatic carbocycles. The predicted molar refractivity (Wildman–Crippen MR) is 64.9 cm³/mol. The average molecular weight is 255 g/mol. The zero-order chi connectivity index (χ0) is 13.5. The summed E-state index contributed by atoms with van der Waals surface area (Å²) in [6.07, 6.45) is 2.27. The number of likely N-dealkylation sites (tertiary alicyclic amines) is 1. The van der Waals surface area contributed by atoms with E-state index in [1.165, 1.54) is 4.90 Å². The summed E-state index contributed by atoms with van der Waals surface area (Å²) in [6, 6.07) is -0.858. The van der Waals surface area contributed by atoms with E-state index in [9.17, 15) is 14.7 Å². The maximum atomic E-state index is 12.5. The third-order valence-corrected chi connectivity index (χ3v) is 4.40. The van der Waals surface area contributed by atoms with Crippen molar-refractivity contribution in [2.24, 2.45) is 11.3 Å². The first-order valence-corrected chi connectivity index (χ1v) is 6.54. The summed E-state index contributed by atoms with van der Waals surface area (Å²) in [4.78, 5) is 25.0. The molecular formula is C13H21NO4. The standard InChI is InChI=1S/C13H21NO4/c1-13(2)5-3-4-9(13)11(16)14-7-8(15)6-10(14)12(17)18/h8-10,15H,3-7H2,1-2H3,(H,17,18). The second-order valence-electron chi connectivity index (χ2n) is 6.17. The van der Waals surface area contributed by atoms with Crippen LogP contribution >= 0.6 is 0 Å². The average Bonchev–Trinajstić information content (AvgIpc) is 2.80. The molecule has 1 saturated heterocycles. The van der Waals surface area contributed by atoms with Gasteiger partial charge in [0, 0.05) is 18.9 Å². The van der Waals surface area contributed by atoms with Crippen molar-refractivity contribution in [1.82, 2.24) is 4.90 Å². The SMILES string of the molecule is CC1(C)CCCC1C(=O)N1CC(O)CC1C(=O)O. The van der Waals surface area contributed by atoms with Crippen LogP contribution in [0.1, 0.15) is 39.5 Å². The van der Waals surface area contributed by atoms with Crippen LogP contribution < -0.4 is 0 Å². The number of amides is 1. The first-order valence-electron chi connectivity index (χ1n) is 6.54. The van der Waals surface area contributed by atoms with Crippen molar-refractivity contribution in [3.05, 3.63) is 0 Å². The van der Waals surface area contributed by atoms with Gasteiger partial charge in [0.1, 0.15) is 6.04 Å². The smallest absolute Gasteiger partial charge is 0.326 e. The lowest BCUT2D eigenvalue weighted by Crippen LogP contribution is -2.45. The lowest BCUT2D eigenvalue weighted by atomic mass is 9.81. The molecule has 2 aliphatic rings. The fraction of sp³-hybridized carbons (Fsp3) is 0.846. The summed E-state index contributed by atoms with van der Waals surface area (Å²) in [6.45, 7) is 4.28. The molecule has 3 unspecified atom stereocenters. The Balaban J connectivity index is 2.15. The molecule has 2 fully saturated rings. The molecular weight excluding hydrogens is 234 g/mol. The molecule has 18 heavy (non-hydrogen) atoms. The number of aliphatic carboxylic acids is 1. The molecule has 0 spiro atoms. The van der Waals surface area contributed by atoms with E-state index in [4.69, 9.17) is 5.11 Å². The Hall–Kier alpha value is -1.10. The second kappa shape index (κ2) is 4.53. The molecule has 3 atom stereocenters. The van der Waals surface area contributed by atoms with Gasteiger partial charge in [0.2, 0.25) is 5.91 Å². The second-order valence-corrected chi connectivity index (χ2v) is 6.17. The van der Waals surface area contributed by atoms with Gasteiger partial charge in [-0.2, -0.15) is 0 Å². The van der Waals surface area contributed by atoms with Gasteiger partial charge in [-0.25, -0.2) is 4.79 Å². The number of rotatable bonds is 2. The molecule has 1 heterocycles. The highest BCUT2D eigenvalue weighted by molar-refractivity contribution is 5.86.